The van der Waals surface area contributed by atoms with E-state index in [9.17, 15) is 9.90 Å². The van der Waals surface area contributed by atoms with Gasteiger partial charge in [0.15, 0.2) is 0 Å². The van der Waals surface area contributed by atoms with Gasteiger partial charge in [-0.05, 0) is 38.3 Å². The van der Waals surface area contributed by atoms with E-state index in [1.807, 2.05) is 32.0 Å². The number of carbonyl (C=O) groups excluding carboxylic acids is 1. The van der Waals surface area contributed by atoms with Crippen LogP contribution < -0.4 is 5.32 Å². The van der Waals surface area contributed by atoms with Crippen molar-refractivity contribution < 1.29 is 9.90 Å². The van der Waals surface area contributed by atoms with Gasteiger partial charge in [0.2, 0.25) is 0 Å². The largest absolute Gasteiger partial charge is 0.506 e. The molecular formula is C17H20N2O2. The van der Waals surface area contributed by atoms with Crippen molar-refractivity contribution in [2.24, 2.45) is 0 Å². The van der Waals surface area contributed by atoms with Gasteiger partial charge in [-0.25, -0.2) is 0 Å². The number of hydrogen-bond donors (Lipinski definition) is 2. The first-order valence-electron chi connectivity index (χ1n) is 6.97. The number of aromatic hydroxyl groups is 1. The van der Waals surface area contributed by atoms with E-state index >= 15 is 0 Å². The van der Waals surface area contributed by atoms with Crippen LogP contribution in [0.15, 0.2) is 48.8 Å². The molecule has 0 fully saturated rings. The summed E-state index contributed by atoms with van der Waals surface area (Å²) >= 11 is 0. The van der Waals surface area contributed by atoms with Crippen LogP contribution in [0.1, 0.15) is 36.2 Å². The van der Waals surface area contributed by atoms with Gasteiger partial charge in [0, 0.05) is 11.7 Å². The third-order valence-electron chi connectivity index (χ3n) is 3.32. The maximum absolute atomic E-state index is 12.2. The molecule has 1 aromatic carbocycles. The average molecular weight is 284 g/mol. The molecular weight excluding hydrogens is 264 g/mol. The molecule has 0 saturated heterocycles. The normalized spacial score (nSPS) is 11.1. The highest BCUT2D eigenvalue weighted by Gasteiger charge is 2.21. The molecule has 0 aliphatic heterocycles. The maximum Gasteiger partial charge on any atom is 0.253 e. The van der Waals surface area contributed by atoms with E-state index in [4.69, 9.17) is 0 Å². The molecule has 0 atom stereocenters. The summed E-state index contributed by atoms with van der Waals surface area (Å²) in [6, 6.07) is 11.6. The van der Waals surface area contributed by atoms with Gasteiger partial charge in [0.05, 0.1) is 11.8 Å². The summed E-state index contributed by atoms with van der Waals surface area (Å²) in [4.78, 5) is 16.0. The second kappa shape index (κ2) is 6.39. The molecule has 2 rings (SSSR count). The molecule has 0 radical (unpaired) electrons. The topological polar surface area (TPSA) is 62.2 Å². The Hall–Kier alpha value is -2.36. The average Bonchev–Trinajstić information content (AvgIpc) is 2.46. The van der Waals surface area contributed by atoms with Crippen molar-refractivity contribution >= 4 is 5.91 Å². The molecule has 1 amide bonds. The van der Waals surface area contributed by atoms with Gasteiger partial charge >= 0.3 is 0 Å². The van der Waals surface area contributed by atoms with Crippen LogP contribution >= 0.6 is 0 Å². The standard InChI is InChI=1S/C17H20N2O2/c1-17(2,9-8-13-6-4-3-5-7-13)19-16(21)14-10-15(20)12-18-11-14/h3-7,10-12,20H,8-9H2,1-2H3,(H,19,21). The smallest absolute Gasteiger partial charge is 0.253 e. The predicted molar refractivity (Wildman–Crippen MR) is 82.2 cm³/mol. The Morgan fingerprint density at radius 2 is 1.95 bits per heavy atom. The number of nitrogens with zero attached hydrogens (tertiary/aromatic N) is 1. The summed E-state index contributed by atoms with van der Waals surface area (Å²) in [6.07, 6.45) is 4.47. The van der Waals surface area contributed by atoms with Crippen LogP contribution in [0.25, 0.3) is 0 Å². The lowest BCUT2D eigenvalue weighted by Crippen LogP contribution is -2.43. The van der Waals surface area contributed by atoms with E-state index in [-0.39, 0.29) is 17.2 Å². The van der Waals surface area contributed by atoms with Gasteiger partial charge in [-0.15, -0.1) is 0 Å². The first kappa shape index (κ1) is 15.0. The molecule has 21 heavy (non-hydrogen) atoms. The number of hydrogen-bond acceptors (Lipinski definition) is 3. The van der Waals surface area contributed by atoms with Crippen molar-refractivity contribution in [2.45, 2.75) is 32.2 Å². The van der Waals surface area contributed by atoms with Gasteiger partial charge in [-0.3, -0.25) is 9.78 Å². The van der Waals surface area contributed by atoms with Crippen LogP contribution in [-0.2, 0) is 6.42 Å². The van der Waals surface area contributed by atoms with Crippen LogP contribution in [-0.4, -0.2) is 21.5 Å². The van der Waals surface area contributed by atoms with Gasteiger partial charge in [-0.1, -0.05) is 30.3 Å². The number of aryl methyl sites for hydroxylation is 1. The van der Waals surface area contributed by atoms with Crippen molar-refractivity contribution in [3.63, 3.8) is 0 Å². The third-order valence-corrected chi connectivity index (χ3v) is 3.32. The Labute approximate surface area is 124 Å². The lowest BCUT2D eigenvalue weighted by molar-refractivity contribution is 0.0908. The Kier molecular flexibility index (Phi) is 4.58. The molecule has 0 aliphatic rings. The molecule has 1 heterocycles. The molecule has 110 valence electrons. The Morgan fingerprint density at radius 1 is 1.24 bits per heavy atom. The summed E-state index contributed by atoms with van der Waals surface area (Å²) in [7, 11) is 0. The second-order valence-electron chi connectivity index (χ2n) is 5.76. The van der Waals surface area contributed by atoms with E-state index < -0.39 is 0 Å². The Morgan fingerprint density at radius 3 is 2.62 bits per heavy atom. The number of benzene rings is 1. The zero-order valence-electron chi connectivity index (χ0n) is 12.3. The Balaban J connectivity index is 1.95. The molecule has 2 N–H and O–H groups in total. The fraction of sp³-hybridized carbons (Fsp3) is 0.294. The Bertz CT molecular complexity index is 609. The summed E-state index contributed by atoms with van der Waals surface area (Å²) in [5, 5.41) is 12.3. The lowest BCUT2D eigenvalue weighted by atomic mass is 9.95. The molecule has 0 bridgehead atoms. The highest BCUT2D eigenvalue weighted by Crippen LogP contribution is 2.15. The lowest BCUT2D eigenvalue weighted by Gasteiger charge is -2.26. The van der Waals surface area contributed by atoms with E-state index in [0.717, 1.165) is 12.8 Å². The monoisotopic (exact) mass is 284 g/mol. The van der Waals surface area contributed by atoms with Gasteiger partial charge < -0.3 is 10.4 Å². The van der Waals surface area contributed by atoms with Gasteiger partial charge in [-0.2, -0.15) is 0 Å². The summed E-state index contributed by atoms with van der Waals surface area (Å²) in [5.74, 6) is -0.235. The molecule has 0 aliphatic carbocycles. The van der Waals surface area contributed by atoms with Crippen LogP contribution in [0.3, 0.4) is 0 Å². The van der Waals surface area contributed by atoms with Crippen molar-refractivity contribution in [2.75, 3.05) is 0 Å². The van der Waals surface area contributed by atoms with Crippen LogP contribution in [0, 0.1) is 0 Å². The summed E-state index contributed by atoms with van der Waals surface area (Å²) in [5.41, 5.74) is 1.28. The molecule has 2 aromatic rings. The number of nitrogens with one attached hydrogen (secondary N) is 1. The number of carbonyl (C=O) groups is 1. The van der Waals surface area contributed by atoms with Crippen molar-refractivity contribution in [1.29, 1.82) is 0 Å². The maximum atomic E-state index is 12.2. The van der Waals surface area contributed by atoms with Crippen molar-refractivity contribution in [1.82, 2.24) is 10.3 Å². The second-order valence-corrected chi connectivity index (χ2v) is 5.76. The van der Waals surface area contributed by atoms with Gasteiger partial charge in [0.25, 0.3) is 5.91 Å². The SMILES string of the molecule is CC(C)(CCc1ccccc1)NC(=O)c1cncc(O)c1. The quantitative estimate of drug-likeness (QED) is 0.887. The molecule has 4 heteroatoms. The molecule has 1 aromatic heterocycles. The molecule has 0 saturated carbocycles. The molecule has 0 unspecified atom stereocenters. The first-order valence-corrected chi connectivity index (χ1v) is 6.97. The third kappa shape index (κ3) is 4.60. The van der Waals surface area contributed by atoms with E-state index in [1.54, 1.807) is 0 Å². The zero-order chi connectivity index (χ0) is 15.3. The van der Waals surface area contributed by atoms with Crippen LogP contribution in [0.5, 0.6) is 5.75 Å². The minimum absolute atomic E-state index is 0.00950. The molecule has 0 spiro atoms. The van der Waals surface area contributed by atoms with Gasteiger partial charge in [0.1, 0.15) is 5.75 Å². The number of aromatic nitrogens is 1. The predicted octanol–water partition coefficient (Wildman–Crippen LogP) is 2.93. The highest BCUT2D eigenvalue weighted by atomic mass is 16.3. The summed E-state index contributed by atoms with van der Waals surface area (Å²) in [6.45, 7) is 3.98. The summed E-state index contributed by atoms with van der Waals surface area (Å²) < 4.78 is 0. The van der Waals surface area contributed by atoms with Crippen molar-refractivity contribution in [3.05, 3.63) is 59.9 Å². The van der Waals surface area contributed by atoms with E-state index in [2.05, 4.69) is 22.4 Å². The highest BCUT2D eigenvalue weighted by molar-refractivity contribution is 5.94. The van der Waals surface area contributed by atoms with E-state index in [0.29, 0.717) is 5.56 Å². The zero-order valence-corrected chi connectivity index (χ0v) is 12.3. The fourth-order valence-electron chi connectivity index (χ4n) is 2.10. The van der Waals surface area contributed by atoms with Crippen LogP contribution in [0.4, 0.5) is 0 Å². The number of pyridine rings is 1. The molecule has 4 nitrogen and oxygen atoms in total. The number of rotatable bonds is 5. The van der Waals surface area contributed by atoms with Crippen LogP contribution in [0.2, 0.25) is 0 Å². The van der Waals surface area contributed by atoms with E-state index in [1.165, 1.54) is 24.0 Å². The minimum atomic E-state index is -0.335. The number of amides is 1. The fourth-order valence-corrected chi connectivity index (χ4v) is 2.10. The van der Waals surface area contributed by atoms with Crippen molar-refractivity contribution in [3.8, 4) is 5.75 Å². The minimum Gasteiger partial charge on any atom is -0.506 e. The first-order chi connectivity index (χ1) is 9.96.